The summed E-state index contributed by atoms with van der Waals surface area (Å²) in [7, 11) is 0. The van der Waals surface area contributed by atoms with Crippen molar-refractivity contribution < 1.29 is 4.74 Å². The van der Waals surface area contributed by atoms with Gasteiger partial charge in [-0.1, -0.05) is 6.92 Å². The number of fused-ring (bicyclic) bond motifs is 1. The minimum atomic E-state index is 0.704. The number of rotatable bonds is 6. The van der Waals surface area contributed by atoms with Gasteiger partial charge < -0.3 is 10.1 Å². The van der Waals surface area contributed by atoms with Crippen LogP contribution in [0.25, 0.3) is 10.2 Å². The zero-order chi connectivity index (χ0) is 12.1. The Hall–Kier alpha value is -1.13. The first kappa shape index (κ1) is 12.3. The molecule has 0 saturated heterocycles. The second-order valence-electron chi connectivity index (χ2n) is 3.85. The number of aromatic nitrogens is 1. The predicted molar refractivity (Wildman–Crippen MR) is 72.8 cm³/mol. The molecule has 0 atom stereocenters. The monoisotopic (exact) mass is 250 g/mol. The van der Waals surface area contributed by atoms with E-state index in [1.807, 2.05) is 19.1 Å². The third-order valence-corrected chi connectivity index (χ3v) is 3.44. The van der Waals surface area contributed by atoms with Crippen LogP contribution in [0.1, 0.15) is 25.3 Å². The molecule has 0 spiro atoms. The Balaban J connectivity index is 2.12. The molecule has 0 aliphatic carbocycles. The third kappa shape index (κ3) is 3.17. The first-order chi connectivity index (χ1) is 8.33. The summed E-state index contributed by atoms with van der Waals surface area (Å²) in [6, 6.07) is 6.08. The fourth-order valence-corrected chi connectivity index (χ4v) is 2.62. The summed E-state index contributed by atoms with van der Waals surface area (Å²) in [6.07, 6.45) is 1.15. The lowest BCUT2D eigenvalue weighted by Crippen LogP contribution is -2.13. The molecule has 0 radical (unpaired) electrons. The van der Waals surface area contributed by atoms with Crippen molar-refractivity contribution in [2.24, 2.45) is 0 Å². The van der Waals surface area contributed by atoms with E-state index in [1.54, 1.807) is 11.3 Å². The van der Waals surface area contributed by atoms with Gasteiger partial charge in [0.15, 0.2) is 0 Å². The molecule has 4 heteroatoms. The Kier molecular flexibility index (Phi) is 4.34. The smallest absolute Gasteiger partial charge is 0.120 e. The molecule has 2 rings (SSSR count). The van der Waals surface area contributed by atoms with Crippen molar-refractivity contribution >= 4 is 21.6 Å². The minimum absolute atomic E-state index is 0.704. The first-order valence-corrected chi connectivity index (χ1v) is 6.88. The summed E-state index contributed by atoms with van der Waals surface area (Å²) >= 11 is 1.73. The van der Waals surface area contributed by atoms with E-state index in [1.165, 1.54) is 4.70 Å². The molecular weight excluding hydrogens is 232 g/mol. The molecule has 17 heavy (non-hydrogen) atoms. The van der Waals surface area contributed by atoms with Crippen LogP contribution in [0.2, 0.25) is 0 Å². The second kappa shape index (κ2) is 5.98. The van der Waals surface area contributed by atoms with E-state index in [0.717, 1.165) is 35.8 Å². The van der Waals surface area contributed by atoms with Gasteiger partial charge in [-0.15, -0.1) is 11.3 Å². The van der Waals surface area contributed by atoms with Gasteiger partial charge in [0, 0.05) is 6.54 Å². The van der Waals surface area contributed by atoms with Crippen LogP contribution in [0.15, 0.2) is 18.2 Å². The molecule has 0 aliphatic heterocycles. The Labute approximate surface area is 106 Å². The van der Waals surface area contributed by atoms with Crippen LogP contribution in [0, 0.1) is 0 Å². The van der Waals surface area contributed by atoms with Gasteiger partial charge in [-0.2, -0.15) is 0 Å². The van der Waals surface area contributed by atoms with Crippen molar-refractivity contribution in [3.8, 4) is 5.75 Å². The van der Waals surface area contributed by atoms with Crippen molar-refractivity contribution in [1.29, 1.82) is 0 Å². The van der Waals surface area contributed by atoms with E-state index >= 15 is 0 Å². The molecule has 1 heterocycles. The number of nitrogens with one attached hydrogen (secondary N) is 1. The number of hydrogen-bond donors (Lipinski definition) is 1. The molecule has 92 valence electrons. The Morgan fingerprint density at radius 1 is 1.35 bits per heavy atom. The summed E-state index contributed by atoms with van der Waals surface area (Å²) in [5, 5.41) is 4.51. The Morgan fingerprint density at radius 2 is 2.24 bits per heavy atom. The highest BCUT2D eigenvalue weighted by Crippen LogP contribution is 2.26. The van der Waals surface area contributed by atoms with E-state index in [2.05, 4.69) is 23.3 Å². The van der Waals surface area contributed by atoms with E-state index in [9.17, 15) is 0 Å². The highest BCUT2D eigenvalue weighted by atomic mass is 32.1. The Morgan fingerprint density at radius 3 is 3.00 bits per heavy atom. The van der Waals surface area contributed by atoms with E-state index in [-0.39, 0.29) is 0 Å². The molecule has 0 amide bonds. The average molecular weight is 250 g/mol. The highest BCUT2D eigenvalue weighted by molar-refractivity contribution is 7.18. The van der Waals surface area contributed by atoms with Crippen molar-refractivity contribution in [2.75, 3.05) is 13.2 Å². The summed E-state index contributed by atoms with van der Waals surface area (Å²) in [5.41, 5.74) is 1.06. The molecule has 2 aromatic rings. The standard InChI is InChI=1S/C13H18N2OS/c1-3-7-14-9-13-15-11-6-5-10(16-4-2)8-12(11)17-13/h5-6,8,14H,3-4,7,9H2,1-2H3. The molecule has 1 aromatic heterocycles. The number of benzene rings is 1. The fourth-order valence-electron chi connectivity index (χ4n) is 1.66. The zero-order valence-corrected chi connectivity index (χ0v) is 11.1. The molecule has 0 fully saturated rings. The summed E-state index contributed by atoms with van der Waals surface area (Å²) in [5.74, 6) is 0.928. The summed E-state index contributed by atoms with van der Waals surface area (Å²) in [6.45, 7) is 6.77. The van der Waals surface area contributed by atoms with E-state index < -0.39 is 0 Å². The van der Waals surface area contributed by atoms with Crippen LogP contribution in [0.4, 0.5) is 0 Å². The van der Waals surface area contributed by atoms with Crippen LogP contribution in [0.3, 0.4) is 0 Å². The second-order valence-corrected chi connectivity index (χ2v) is 4.96. The van der Waals surface area contributed by atoms with Crippen LogP contribution in [0.5, 0.6) is 5.75 Å². The average Bonchev–Trinajstić information content (AvgIpc) is 2.72. The van der Waals surface area contributed by atoms with E-state index in [4.69, 9.17) is 4.74 Å². The molecular formula is C13H18N2OS. The highest BCUT2D eigenvalue weighted by Gasteiger charge is 2.04. The SMILES string of the molecule is CCCNCc1nc2ccc(OCC)cc2s1. The molecule has 0 saturated carbocycles. The van der Waals surface area contributed by atoms with E-state index in [0.29, 0.717) is 6.61 Å². The van der Waals surface area contributed by atoms with Gasteiger partial charge in [0.05, 0.1) is 16.8 Å². The van der Waals surface area contributed by atoms with Gasteiger partial charge in [0.2, 0.25) is 0 Å². The molecule has 1 N–H and O–H groups in total. The zero-order valence-electron chi connectivity index (χ0n) is 10.3. The molecule has 1 aromatic carbocycles. The molecule has 0 aliphatic rings. The van der Waals surface area contributed by atoms with Crippen LogP contribution >= 0.6 is 11.3 Å². The number of nitrogens with zero attached hydrogens (tertiary/aromatic N) is 1. The van der Waals surface area contributed by atoms with Crippen LogP contribution < -0.4 is 10.1 Å². The van der Waals surface area contributed by atoms with Gasteiger partial charge in [-0.25, -0.2) is 4.98 Å². The molecule has 0 unspecified atom stereocenters. The first-order valence-electron chi connectivity index (χ1n) is 6.06. The number of ether oxygens (including phenoxy) is 1. The van der Waals surface area contributed by atoms with Crippen molar-refractivity contribution in [2.45, 2.75) is 26.8 Å². The van der Waals surface area contributed by atoms with Gasteiger partial charge in [-0.3, -0.25) is 0 Å². The van der Waals surface area contributed by atoms with Gasteiger partial charge in [0.1, 0.15) is 10.8 Å². The topological polar surface area (TPSA) is 34.2 Å². The van der Waals surface area contributed by atoms with Gasteiger partial charge in [-0.05, 0) is 38.1 Å². The van der Waals surface area contributed by atoms with Crippen LogP contribution in [-0.4, -0.2) is 18.1 Å². The quantitative estimate of drug-likeness (QED) is 0.799. The lowest BCUT2D eigenvalue weighted by molar-refractivity contribution is 0.341. The van der Waals surface area contributed by atoms with Gasteiger partial charge >= 0.3 is 0 Å². The van der Waals surface area contributed by atoms with Crippen molar-refractivity contribution in [3.05, 3.63) is 23.2 Å². The Bertz CT molecular complexity index is 481. The predicted octanol–water partition coefficient (Wildman–Crippen LogP) is 3.19. The molecule has 0 bridgehead atoms. The van der Waals surface area contributed by atoms with Crippen LogP contribution in [-0.2, 0) is 6.54 Å². The molecule has 3 nitrogen and oxygen atoms in total. The summed E-state index contributed by atoms with van der Waals surface area (Å²) < 4.78 is 6.68. The number of thiazole rings is 1. The normalized spacial score (nSPS) is 10.9. The lowest BCUT2D eigenvalue weighted by Gasteiger charge is -2.00. The third-order valence-electron chi connectivity index (χ3n) is 2.42. The van der Waals surface area contributed by atoms with Crippen molar-refractivity contribution in [3.63, 3.8) is 0 Å². The number of hydrogen-bond acceptors (Lipinski definition) is 4. The lowest BCUT2D eigenvalue weighted by atomic mass is 10.3. The van der Waals surface area contributed by atoms with Gasteiger partial charge in [0.25, 0.3) is 0 Å². The largest absolute Gasteiger partial charge is 0.494 e. The maximum atomic E-state index is 5.49. The minimum Gasteiger partial charge on any atom is -0.494 e. The maximum absolute atomic E-state index is 5.49. The fraction of sp³-hybridized carbons (Fsp3) is 0.462. The maximum Gasteiger partial charge on any atom is 0.120 e. The summed E-state index contributed by atoms with van der Waals surface area (Å²) in [4.78, 5) is 4.59. The van der Waals surface area contributed by atoms with Crippen molar-refractivity contribution in [1.82, 2.24) is 10.3 Å².